The van der Waals surface area contributed by atoms with E-state index in [1.54, 1.807) is 0 Å². The Labute approximate surface area is 128 Å². The van der Waals surface area contributed by atoms with Crippen molar-refractivity contribution in [2.45, 2.75) is 19.3 Å². The van der Waals surface area contributed by atoms with Gasteiger partial charge in [-0.3, -0.25) is 4.79 Å². The molecule has 0 saturated carbocycles. The first-order valence-electron chi connectivity index (χ1n) is 7.10. The smallest absolute Gasteiger partial charge is 0.220 e. The predicted molar refractivity (Wildman–Crippen MR) is 82.9 cm³/mol. The van der Waals surface area contributed by atoms with Gasteiger partial charge >= 0.3 is 0 Å². The lowest BCUT2D eigenvalue weighted by Crippen LogP contribution is -2.28. The second kappa shape index (κ2) is 8.27. The van der Waals surface area contributed by atoms with Gasteiger partial charge in [0.15, 0.2) is 0 Å². The molecule has 1 unspecified atom stereocenters. The molecule has 1 aliphatic heterocycles. The average molecular weight is 341 g/mol. The summed E-state index contributed by atoms with van der Waals surface area (Å²) in [4.78, 5) is 11.7. The van der Waals surface area contributed by atoms with Crippen LogP contribution in [0.1, 0.15) is 19.3 Å². The van der Waals surface area contributed by atoms with Gasteiger partial charge in [-0.05, 0) is 50.0 Å². The maximum absolute atomic E-state index is 11.7. The van der Waals surface area contributed by atoms with E-state index in [4.69, 9.17) is 4.74 Å². The summed E-state index contributed by atoms with van der Waals surface area (Å²) in [5.74, 6) is 1.60. The minimum atomic E-state index is 0.120. The van der Waals surface area contributed by atoms with Crippen molar-refractivity contribution in [3.63, 3.8) is 0 Å². The first-order chi connectivity index (χ1) is 9.74. The lowest BCUT2D eigenvalue weighted by molar-refractivity contribution is -0.121. The van der Waals surface area contributed by atoms with Crippen LogP contribution in [0.25, 0.3) is 0 Å². The van der Waals surface area contributed by atoms with Gasteiger partial charge in [0, 0.05) is 10.9 Å². The Morgan fingerprint density at radius 1 is 1.50 bits per heavy atom. The average Bonchev–Trinajstić information content (AvgIpc) is 2.95. The minimum Gasteiger partial charge on any atom is -0.492 e. The number of hydrogen-bond donors (Lipinski definition) is 2. The molecule has 1 heterocycles. The number of carbonyl (C=O) groups is 1. The normalized spacial score (nSPS) is 17.9. The number of amides is 1. The van der Waals surface area contributed by atoms with Crippen molar-refractivity contribution in [3.8, 4) is 5.75 Å². The SMILES string of the molecule is O=C(CCC1CCNC1)NCCOc1cccc(Br)c1. The monoisotopic (exact) mass is 340 g/mol. The molecule has 1 saturated heterocycles. The van der Waals surface area contributed by atoms with Crippen molar-refractivity contribution in [2.24, 2.45) is 5.92 Å². The summed E-state index contributed by atoms with van der Waals surface area (Å²) in [6, 6.07) is 7.69. The van der Waals surface area contributed by atoms with Gasteiger partial charge in [-0.25, -0.2) is 0 Å². The summed E-state index contributed by atoms with van der Waals surface area (Å²) in [5.41, 5.74) is 0. The Kier molecular flexibility index (Phi) is 6.33. The van der Waals surface area contributed by atoms with Gasteiger partial charge in [0.25, 0.3) is 0 Å². The molecule has 1 aliphatic rings. The quantitative estimate of drug-likeness (QED) is 0.749. The molecule has 0 aliphatic carbocycles. The van der Waals surface area contributed by atoms with Gasteiger partial charge in [-0.1, -0.05) is 22.0 Å². The fraction of sp³-hybridized carbons (Fsp3) is 0.533. The predicted octanol–water partition coefficient (Wildman–Crippen LogP) is 2.33. The van der Waals surface area contributed by atoms with Crippen LogP contribution in [0.2, 0.25) is 0 Å². The number of halogens is 1. The van der Waals surface area contributed by atoms with Crippen LogP contribution in [0, 0.1) is 5.92 Å². The molecule has 0 bridgehead atoms. The molecule has 2 rings (SSSR count). The molecule has 0 spiro atoms. The zero-order chi connectivity index (χ0) is 14.2. The van der Waals surface area contributed by atoms with Crippen molar-refractivity contribution < 1.29 is 9.53 Å². The Balaban J connectivity index is 1.55. The van der Waals surface area contributed by atoms with Crippen molar-refractivity contribution in [1.29, 1.82) is 0 Å². The van der Waals surface area contributed by atoms with E-state index in [0.29, 0.717) is 25.5 Å². The van der Waals surface area contributed by atoms with Crippen LogP contribution in [0.15, 0.2) is 28.7 Å². The molecule has 5 heteroatoms. The lowest BCUT2D eigenvalue weighted by Gasteiger charge is -2.10. The molecule has 2 N–H and O–H groups in total. The Bertz CT molecular complexity index is 434. The van der Waals surface area contributed by atoms with E-state index < -0.39 is 0 Å². The van der Waals surface area contributed by atoms with Gasteiger partial charge < -0.3 is 15.4 Å². The first-order valence-corrected chi connectivity index (χ1v) is 7.89. The molecule has 4 nitrogen and oxygen atoms in total. The molecule has 0 aromatic heterocycles. The zero-order valence-electron chi connectivity index (χ0n) is 11.5. The second-order valence-corrected chi connectivity index (χ2v) is 5.97. The topological polar surface area (TPSA) is 50.4 Å². The number of hydrogen-bond acceptors (Lipinski definition) is 3. The Hall–Kier alpha value is -1.07. The fourth-order valence-corrected chi connectivity index (χ4v) is 2.68. The minimum absolute atomic E-state index is 0.120. The van der Waals surface area contributed by atoms with Gasteiger partial charge in [0.2, 0.25) is 5.91 Å². The molecule has 1 fully saturated rings. The van der Waals surface area contributed by atoms with E-state index in [2.05, 4.69) is 26.6 Å². The van der Waals surface area contributed by atoms with Gasteiger partial charge in [0.1, 0.15) is 12.4 Å². The molecular formula is C15H21BrN2O2. The molecule has 1 aromatic carbocycles. The highest BCUT2D eigenvalue weighted by atomic mass is 79.9. The number of carbonyl (C=O) groups excluding carboxylic acids is 1. The van der Waals surface area contributed by atoms with E-state index >= 15 is 0 Å². The van der Waals surface area contributed by atoms with Crippen LogP contribution in [0.4, 0.5) is 0 Å². The van der Waals surface area contributed by atoms with Gasteiger partial charge in [-0.15, -0.1) is 0 Å². The summed E-state index contributed by atoms with van der Waals surface area (Å²) >= 11 is 3.39. The van der Waals surface area contributed by atoms with Crippen LogP contribution < -0.4 is 15.4 Å². The summed E-state index contributed by atoms with van der Waals surface area (Å²) in [6.45, 7) is 3.19. The van der Waals surface area contributed by atoms with E-state index in [0.717, 1.165) is 29.7 Å². The van der Waals surface area contributed by atoms with Crippen LogP contribution >= 0.6 is 15.9 Å². The van der Waals surface area contributed by atoms with E-state index in [9.17, 15) is 4.79 Å². The maximum atomic E-state index is 11.7. The summed E-state index contributed by atoms with van der Waals surface area (Å²) in [7, 11) is 0. The van der Waals surface area contributed by atoms with Crippen molar-refractivity contribution in [3.05, 3.63) is 28.7 Å². The highest BCUT2D eigenvalue weighted by molar-refractivity contribution is 9.10. The third-order valence-corrected chi connectivity index (χ3v) is 3.92. The Morgan fingerprint density at radius 2 is 2.40 bits per heavy atom. The highest BCUT2D eigenvalue weighted by Gasteiger charge is 2.15. The highest BCUT2D eigenvalue weighted by Crippen LogP contribution is 2.17. The molecule has 1 aromatic rings. The van der Waals surface area contributed by atoms with Crippen LogP contribution in [0.3, 0.4) is 0 Å². The lowest BCUT2D eigenvalue weighted by atomic mass is 10.0. The summed E-state index contributed by atoms with van der Waals surface area (Å²) in [6.07, 6.45) is 2.79. The number of benzene rings is 1. The largest absolute Gasteiger partial charge is 0.492 e. The molecule has 0 radical (unpaired) electrons. The summed E-state index contributed by atoms with van der Waals surface area (Å²) < 4.78 is 6.55. The fourth-order valence-electron chi connectivity index (χ4n) is 2.30. The first kappa shape index (κ1) is 15.3. The molecule has 110 valence electrons. The summed E-state index contributed by atoms with van der Waals surface area (Å²) in [5, 5.41) is 6.21. The third kappa shape index (κ3) is 5.51. The van der Waals surface area contributed by atoms with Gasteiger partial charge in [0.05, 0.1) is 6.54 Å². The molecule has 1 amide bonds. The van der Waals surface area contributed by atoms with Crippen molar-refractivity contribution >= 4 is 21.8 Å². The van der Waals surface area contributed by atoms with Crippen LogP contribution in [-0.4, -0.2) is 32.1 Å². The zero-order valence-corrected chi connectivity index (χ0v) is 13.1. The molecular weight excluding hydrogens is 320 g/mol. The molecule has 1 atom stereocenters. The van der Waals surface area contributed by atoms with Crippen LogP contribution in [0.5, 0.6) is 5.75 Å². The van der Waals surface area contributed by atoms with E-state index in [1.807, 2.05) is 24.3 Å². The van der Waals surface area contributed by atoms with Crippen molar-refractivity contribution in [1.82, 2.24) is 10.6 Å². The number of rotatable bonds is 7. The third-order valence-electron chi connectivity index (χ3n) is 3.43. The number of ether oxygens (including phenoxy) is 1. The van der Waals surface area contributed by atoms with Gasteiger partial charge in [-0.2, -0.15) is 0 Å². The van der Waals surface area contributed by atoms with Crippen molar-refractivity contribution in [2.75, 3.05) is 26.2 Å². The van der Waals surface area contributed by atoms with E-state index in [1.165, 1.54) is 6.42 Å². The maximum Gasteiger partial charge on any atom is 0.220 e. The second-order valence-electron chi connectivity index (χ2n) is 5.05. The Morgan fingerprint density at radius 3 is 3.15 bits per heavy atom. The molecule has 20 heavy (non-hydrogen) atoms. The standard InChI is InChI=1S/C15H21BrN2O2/c16-13-2-1-3-14(10-13)20-9-8-18-15(19)5-4-12-6-7-17-11-12/h1-3,10,12,17H,4-9,11H2,(H,18,19). The van der Waals surface area contributed by atoms with E-state index in [-0.39, 0.29) is 5.91 Å². The van der Waals surface area contributed by atoms with Crippen LogP contribution in [-0.2, 0) is 4.79 Å². The number of nitrogens with one attached hydrogen (secondary N) is 2.